The van der Waals surface area contributed by atoms with Crippen molar-refractivity contribution in [1.82, 2.24) is 14.8 Å². The van der Waals surface area contributed by atoms with Gasteiger partial charge in [0.15, 0.2) is 5.13 Å². The molecule has 0 aliphatic heterocycles. The second-order valence-corrected chi connectivity index (χ2v) is 4.86. The Kier molecular flexibility index (Phi) is 2.59. The maximum atomic E-state index is 5.77. The molecule has 0 aromatic carbocycles. The van der Waals surface area contributed by atoms with Crippen LogP contribution in [0.1, 0.15) is 5.69 Å². The van der Waals surface area contributed by atoms with Crippen molar-refractivity contribution in [2.24, 2.45) is 7.05 Å². The van der Waals surface area contributed by atoms with Crippen LogP contribution in [0.15, 0.2) is 6.07 Å². The molecule has 0 saturated heterocycles. The Balaban J connectivity index is 2.47. The Labute approximate surface area is 98.5 Å². The Bertz CT molecular complexity index is 492. The van der Waals surface area contributed by atoms with E-state index in [1.165, 1.54) is 0 Å². The highest BCUT2D eigenvalue weighted by Crippen LogP contribution is 2.33. The van der Waals surface area contributed by atoms with Gasteiger partial charge in [-0.3, -0.25) is 4.68 Å². The lowest BCUT2D eigenvalue weighted by Crippen LogP contribution is -2.07. The summed E-state index contributed by atoms with van der Waals surface area (Å²) >= 11 is 1.63. The molecular weight excluding hydrogens is 222 g/mol. The molecule has 5 nitrogen and oxygen atoms in total. The van der Waals surface area contributed by atoms with Crippen molar-refractivity contribution >= 4 is 22.3 Å². The van der Waals surface area contributed by atoms with Gasteiger partial charge < -0.3 is 10.6 Å². The predicted molar refractivity (Wildman–Crippen MR) is 67.8 cm³/mol. The van der Waals surface area contributed by atoms with Gasteiger partial charge in [-0.1, -0.05) is 11.3 Å². The number of hydrogen-bond donors (Lipinski definition) is 1. The van der Waals surface area contributed by atoms with Gasteiger partial charge in [-0.25, -0.2) is 4.98 Å². The predicted octanol–water partition coefficient (Wildman–Crippen LogP) is 1.50. The third-order valence-corrected chi connectivity index (χ3v) is 3.66. The maximum Gasteiger partial charge on any atom is 0.185 e. The number of nitrogens with zero attached hydrogens (tertiary/aromatic N) is 4. The lowest BCUT2D eigenvalue weighted by molar-refractivity contribution is 0.782. The van der Waals surface area contributed by atoms with E-state index in [2.05, 4.69) is 10.1 Å². The van der Waals surface area contributed by atoms with Crippen LogP contribution >= 0.6 is 11.3 Å². The second-order valence-electron chi connectivity index (χ2n) is 3.88. The number of aromatic nitrogens is 3. The van der Waals surface area contributed by atoms with Crippen LogP contribution in [0.4, 0.5) is 10.9 Å². The van der Waals surface area contributed by atoms with Gasteiger partial charge in [0.05, 0.1) is 10.6 Å². The van der Waals surface area contributed by atoms with E-state index < -0.39 is 0 Å². The zero-order valence-electron chi connectivity index (χ0n) is 9.85. The third-order valence-electron chi connectivity index (χ3n) is 2.32. The van der Waals surface area contributed by atoms with E-state index in [0.29, 0.717) is 5.82 Å². The molecule has 0 fully saturated rings. The first kappa shape index (κ1) is 10.9. The zero-order valence-corrected chi connectivity index (χ0v) is 10.7. The highest BCUT2D eigenvalue weighted by molar-refractivity contribution is 7.19. The van der Waals surface area contributed by atoms with Gasteiger partial charge in [0.1, 0.15) is 11.5 Å². The number of anilines is 2. The second kappa shape index (κ2) is 3.79. The molecule has 0 amide bonds. The normalized spacial score (nSPS) is 10.8. The van der Waals surface area contributed by atoms with Gasteiger partial charge in [0.2, 0.25) is 0 Å². The van der Waals surface area contributed by atoms with Gasteiger partial charge in [0, 0.05) is 27.2 Å². The summed E-state index contributed by atoms with van der Waals surface area (Å²) in [6.07, 6.45) is 0. The lowest BCUT2D eigenvalue weighted by Gasteiger charge is -2.04. The number of rotatable bonds is 2. The summed E-state index contributed by atoms with van der Waals surface area (Å²) in [6, 6.07) is 1.87. The van der Waals surface area contributed by atoms with Gasteiger partial charge in [-0.15, -0.1) is 0 Å². The summed E-state index contributed by atoms with van der Waals surface area (Å²) in [5, 5.41) is 5.34. The number of nitrogens with two attached hydrogens (primary N) is 1. The fourth-order valence-corrected chi connectivity index (χ4v) is 2.35. The van der Waals surface area contributed by atoms with Gasteiger partial charge in [-0.2, -0.15) is 5.10 Å². The molecule has 16 heavy (non-hydrogen) atoms. The molecular formula is C10H15N5S. The van der Waals surface area contributed by atoms with E-state index in [-0.39, 0.29) is 0 Å². The molecule has 0 saturated carbocycles. The molecule has 2 heterocycles. The Morgan fingerprint density at radius 2 is 2.12 bits per heavy atom. The largest absolute Gasteiger partial charge is 0.384 e. The van der Waals surface area contributed by atoms with Crippen LogP contribution in [-0.2, 0) is 7.05 Å². The van der Waals surface area contributed by atoms with Gasteiger partial charge in [-0.05, 0) is 6.92 Å². The van der Waals surface area contributed by atoms with E-state index in [4.69, 9.17) is 5.73 Å². The molecule has 2 rings (SSSR count). The molecule has 0 atom stereocenters. The lowest BCUT2D eigenvalue weighted by atomic mass is 10.3. The van der Waals surface area contributed by atoms with Crippen LogP contribution in [0.5, 0.6) is 0 Å². The summed E-state index contributed by atoms with van der Waals surface area (Å²) in [5.41, 5.74) is 7.65. The first-order valence-corrected chi connectivity index (χ1v) is 5.75. The topological polar surface area (TPSA) is 60.0 Å². The Morgan fingerprint density at radius 1 is 1.44 bits per heavy atom. The molecule has 0 unspecified atom stereocenters. The summed E-state index contributed by atoms with van der Waals surface area (Å²) < 4.78 is 1.67. The molecule has 0 aliphatic rings. The fourth-order valence-electron chi connectivity index (χ4n) is 1.40. The molecule has 86 valence electrons. The SMILES string of the molecule is Cc1nc(N(C)C)sc1-c1cc(N)n(C)n1. The summed E-state index contributed by atoms with van der Waals surface area (Å²) in [5.74, 6) is 0.661. The molecule has 2 aromatic heterocycles. The number of aryl methyl sites for hydroxylation is 2. The van der Waals surface area contributed by atoms with Crippen LogP contribution < -0.4 is 10.6 Å². The molecule has 6 heteroatoms. The van der Waals surface area contributed by atoms with E-state index in [1.54, 1.807) is 16.0 Å². The van der Waals surface area contributed by atoms with Crippen LogP contribution in [0.25, 0.3) is 10.6 Å². The van der Waals surface area contributed by atoms with E-state index in [0.717, 1.165) is 21.4 Å². The smallest absolute Gasteiger partial charge is 0.185 e. The summed E-state index contributed by atoms with van der Waals surface area (Å²) in [7, 11) is 5.80. The summed E-state index contributed by atoms with van der Waals surface area (Å²) in [4.78, 5) is 7.55. The van der Waals surface area contributed by atoms with E-state index in [9.17, 15) is 0 Å². The minimum atomic E-state index is 0.661. The molecule has 0 aliphatic carbocycles. The van der Waals surface area contributed by atoms with Crippen LogP contribution in [0.3, 0.4) is 0 Å². The zero-order chi connectivity index (χ0) is 11.9. The average Bonchev–Trinajstić information content (AvgIpc) is 2.72. The van der Waals surface area contributed by atoms with Gasteiger partial charge >= 0.3 is 0 Å². The third kappa shape index (κ3) is 1.76. The Hall–Kier alpha value is -1.56. The minimum absolute atomic E-state index is 0.661. The van der Waals surface area contributed by atoms with Crippen LogP contribution in [-0.4, -0.2) is 28.9 Å². The van der Waals surface area contributed by atoms with E-state index >= 15 is 0 Å². The molecule has 2 N–H and O–H groups in total. The van der Waals surface area contributed by atoms with E-state index in [1.807, 2.05) is 39.0 Å². The minimum Gasteiger partial charge on any atom is -0.384 e. The number of nitrogen functional groups attached to an aromatic ring is 1. The van der Waals surface area contributed by atoms with Crippen molar-refractivity contribution in [3.05, 3.63) is 11.8 Å². The van der Waals surface area contributed by atoms with Crippen molar-refractivity contribution in [2.45, 2.75) is 6.92 Å². The Morgan fingerprint density at radius 3 is 2.56 bits per heavy atom. The fraction of sp³-hybridized carbons (Fsp3) is 0.400. The number of hydrogen-bond acceptors (Lipinski definition) is 5. The summed E-state index contributed by atoms with van der Waals surface area (Å²) in [6.45, 7) is 1.99. The van der Waals surface area contributed by atoms with Crippen molar-refractivity contribution in [1.29, 1.82) is 0 Å². The van der Waals surface area contributed by atoms with Crippen molar-refractivity contribution in [2.75, 3.05) is 24.7 Å². The molecule has 0 spiro atoms. The molecule has 0 radical (unpaired) electrons. The molecule has 0 bridgehead atoms. The number of thiazole rings is 1. The van der Waals surface area contributed by atoms with Crippen molar-refractivity contribution in [3.8, 4) is 10.6 Å². The van der Waals surface area contributed by atoms with Crippen molar-refractivity contribution in [3.63, 3.8) is 0 Å². The monoisotopic (exact) mass is 237 g/mol. The highest BCUT2D eigenvalue weighted by Gasteiger charge is 2.14. The average molecular weight is 237 g/mol. The highest BCUT2D eigenvalue weighted by atomic mass is 32.1. The first-order valence-electron chi connectivity index (χ1n) is 4.93. The van der Waals surface area contributed by atoms with Crippen LogP contribution in [0, 0.1) is 6.92 Å². The quantitative estimate of drug-likeness (QED) is 0.860. The molecule has 2 aromatic rings. The standard InChI is InChI=1S/C10H15N5S/c1-6-9(16-10(12-6)14(2)3)7-5-8(11)15(4)13-7/h5H,11H2,1-4H3. The first-order chi connectivity index (χ1) is 7.49. The van der Waals surface area contributed by atoms with Crippen molar-refractivity contribution < 1.29 is 0 Å². The van der Waals surface area contributed by atoms with Crippen LogP contribution in [0.2, 0.25) is 0 Å². The maximum absolute atomic E-state index is 5.77. The van der Waals surface area contributed by atoms with Gasteiger partial charge in [0.25, 0.3) is 0 Å².